The average Bonchev–Trinajstić information content (AvgIpc) is 2.66. The van der Waals surface area contributed by atoms with Gasteiger partial charge in [0.05, 0.1) is 18.5 Å². The van der Waals surface area contributed by atoms with Crippen LogP contribution in [0, 0.1) is 0 Å². The fourth-order valence-corrected chi connectivity index (χ4v) is 3.82. The molecule has 1 atom stereocenters. The highest BCUT2D eigenvalue weighted by atomic mass is 35.5. The van der Waals surface area contributed by atoms with Crippen molar-refractivity contribution in [2.24, 2.45) is 0 Å². The third-order valence-electron chi connectivity index (χ3n) is 4.64. The van der Waals surface area contributed by atoms with Gasteiger partial charge in [0.1, 0.15) is 0 Å². The number of carbonyl (C=O) groups is 1. The lowest BCUT2D eigenvalue weighted by Gasteiger charge is -2.33. The summed E-state index contributed by atoms with van der Waals surface area (Å²) in [6.45, 7) is 0.778. The van der Waals surface area contributed by atoms with Crippen molar-refractivity contribution < 1.29 is 13.2 Å². The quantitative estimate of drug-likeness (QED) is 0.754. The molecule has 0 spiro atoms. The normalized spacial score (nSPS) is 17.5. The van der Waals surface area contributed by atoms with Gasteiger partial charge < -0.3 is 10.6 Å². The first-order valence-corrected chi connectivity index (χ1v) is 11.1. The van der Waals surface area contributed by atoms with Gasteiger partial charge >= 0.3 is 0 Å². The highest BCUT2D eigenvalue weighted by Crippen LogP contribution is 2.33. The molecule has 150 valence electrons. The Hall–Kier alpha value is -2.23. The number of anilines is 1. The first-order chi connectivity index (χ1) is 13.2. The van der Waals surface area contributed by atoms with Crippen molar-refractivity contribution in [1.29, 1.82) is 0 Å². The van der Waals surface area contributed by atoms with Crippen LogP contribution in [0.2, 0.25) is 5.02 Å². The van der Waals surface area contributed by atoms with Crippen LogP contribution < -0.4 is 10.5 Å². The number of aromatic nitrogens is 2. The molecule has 3 N–H and O–H groups in total. The molecule has 1 aliphatic heterocycles. The Morgan fingerprint density at radius 1 is 1.36 bits per heavy atom. The van der Waals surface area contributed by atoms with Crippen LogP contribution in [-0.4, -0.2) is 55.1 Å². The summed E-state index contributed by atoms with van der Waals surface area (Å²) >= 11 is 5.98. The van der Waals surface area contributed by atoms with E-state index in [0.29, 0.717) is 18.1 Å². The van der Waals surface area contributed by atoms with Gasteiger partial charge in [0.15, 0.2) is 0 Å². The molecule has 0 aliphatic carbocycles. The SMILES string of the molecule is CS(=O)(=O)NCC(=O)N1CCC[C@H](c2nc(N)ncc2-c2ccc(Cl)cc2)C1. The van der Waals surface area contributed by atoms with E-state index in [4.69, 9.17) is 17.3 Å². The van der Waals surface area contributed by atoms with Crippen LogP contribution in [0.3, 0.4) is 0 Å². The zero-order valence-electron chi connectivity index (χ0n) is 15.4. The minimum atomic E-state index is -3.42. The summed E-state index contributed by atoms with van der Waals surface area (Å²) in [5.74, 6) is -0.105. The van der Waals surface area contributed by atoms with Crippen molar-refractivity contribution in [2.45, 2.75) is 18.8 Å². The van der Waals surface area contributed by atoms with Crippen molar-refractivity contribution in [1.82, 2.24) is 19.6 Å². The predicted octanol–water partition coefficient (Wildman–Crippen LogP) is 1.63. The van der Waals surface area contributed by atoms with Gasteiger partial charge in [-0.15, -0.1) is 0 Å². The van der Waals surface area contributed by atoms with E-state index in [2.05, 4.69) is 14.7 Å². The molecule has 2 aromatic rings. The van der Waals surface area contributed by atoms with E-state index in [9.17, 15) is 13.2 Å². The lowest BCUT2D eigenvalue weighted by molar-refractivity contribution is -0.131. The number of halogens is 1. The van der Waals surface area contributed by atoms with E-state index >= 15 is 0 Å². The molecule has 0 radical (unpaired) electrons. The molecule has 3 rings (SSSR count). The lowest BCUT2D eigenvalue weighted by Crippen LogP contribution is -2.44. The maximum Gasteiger partial charge on any atom is 0.237 e. The monoisotopic (exact) mass is 423 g/mol. The molecular weight excluding hydrogens is 402 g/mol. The van der Waals surface area contributed by atoms with Crippen LogP contribution in [-0.2, 0) is 14.8 Å². The molecule has 0 unspecified atom stereocenters. The predicted molar refractivity (Wildman–Crippen MR) is 108 cm³/mol. The van der Waals surface area contributed by atoms with Gasteiger partial charge in [-0.3, -0.25) is 4.79 Å². The lowest BCUT2D eigenvalue weighted by atomic mass is 9.90. The Kier molecular flexibility index (Phi) is 6.17. The van der Waals surface area contributed by atoms with Gasteiger partial charge in [-0.1, -0.05) is 23.7 Å². The number of nitrogens with two attached hydrogens (primary N) is 1. The largest absolute Gasteiger partial charge is 0.368 e. The highest BCUT2D eigenvalue weighted by molar-refractivity contribution is 7.88. The van der Waals surface area contributed by atoms with Gasteiger partial charge in [-0.25, -0.2) is 23.1 Å². The summed E-state index contributed by atoms with van der Waals surface area (Å²) in [7, 11) is -3.42. The van der Waals surface area contributed by atoms with Crippen LogP contribution in [0.4, 0.5) is 5.95 Å². The Morgan fingerprint density at radius 2 is 2.07 bits per heavy atom. The Labute approximate surface area is 169 Å². The molecule has 28 heavy (non-hydrogen) atoms. The summed E-state index contributed by atoms with van der Waals surface area (Å²) in [5, 5.41) is 0.634. The second-order valence-electron chi connectivity index (χ2n) is 6.81. The van der Waals surface area contributed by atoms with Crippen LogP contribution in [0.1, 0.15) is 24.5 Å². The third kappa shape index (κ3) is 5.18. The Balaban J connectivity index is 1.83. The number of benzene rings is 1. The van der Waals surface area contributed by atoms with Gasteiger partial charge in [-0.05, 0) is 30.5 Å². The average molecular weight is 424 g/mol. The second kappa shape index (κ2) is 8.42. The van der Waals surface area contributed by atoms with Crippen molar-refractivity contribution in [2.75, 3.05) is 31.6 Å². The molecule has 1 fully saturated rings. The van der Waals surface area contributed by atoms with Gasteiger partial charge in [0, 0.05) is 35.8 Å². The van der Waals surface area contributed by atoms with Crippen LogP contribution in [0.5, 0.6) is 0 Å². The number of sulfonamides is 1. The molecule has 10 heteroatoms. The highest BCUT2D eigenvalue weighted by Gasteiger charge is 2.28. The number of carbonyl (C=O) groups excluding carboxylic acids is 1. The molecule has 1 saturated heterocycles. The fraction of sp³-hybridized carbons (Fsp3) is 0.389. The maximum atomic E-state index is 12.4. The Bertz CT molecular complexity index is 966. The van der Waals surface area contributed by atoms with Crippen molar-refractivity contribution >= 4 is 33.5 Å². The molecule has 8 nitrogen and oxygen atoms in total. The van der Waals surface area contributed by atoms with Crippen LogP contribution >= 0.6 is 11.6 Å². The molecule has 1 amide bonds. The van der Waals surface area contributed by atoms with E-state index in [0.717, 1.165) is 35.9 Å². The van der Waals surface area contributed by atoms with E-state index in [1.807, 2.05) is 12.1 Å². The van der Waals surface area contributed by atoms with Crippen molar-refractivity contribution in [3.63, 3.8) is 0 Å². The number of nitrogens with zero attached hydrogens (tertiary/aromatic N) is 3. The summed E-state index contributed by atoms with van der Waals surface area (Å²) in [6.07, 6.45) is 4.35. The van der Waals surface area contributed by atoms with Crippen LogP contribution in [0.25, 0.3) is 11.1 Å². The topological polar surface area (TPSA) is 118 Å². The molecule has 2 heterocycles. The van der Waals surface area contributed by atoms with Gasteiger partial charge in [0.25, 0.3) is 0 Å². The van der Waals surface area contributed by atoms with Crippen molar-refractivity contribution in [3.8, 4) is 11.1 Å². The minimum absolute atomic E-state index is 0.0214. The summed E-state index contributed by atoms with van der Waals surface area (Å²) in [5.41, 5.74) is 8.37. The second-order valence-corrected chi connectivity index (χ2v) is 9.08. The molecule has 1 aromatic heterocycles. The van der Waals surface area contributed by atoms with Crippen LogP contribution in [0.15, 0.2) is 30.5 Å². The number of likely N-dealkylation sites (tertiary alicyclic amines) is 1. The number of amides is 1. The zero-order chi connectivity index (χ0) is 20.3. The minimum Gasteiger partial charge on any atom is -0.368 e. The van der Waals surface area contributed by atoms with Gasteiger partial charge in [-0.2, -0.15) is 0 Å². The zero-order valence-corrected chi connectivity index (χ0v) is 17.0. The number of nitrogen functional groups attached to an aromatic ring is 1. The first kappa shape index (κ1) is 20.5. The number of hydrogen-bond donors (Lipinski definition) is 2. The maximum absolute atomic E-state index is 12.4. The number of piperidine rings is 1. The number of hydrogen-bond acceptors (Lipinski definition) is 6. The fourth-order valence-electron chi connectivity index (χ4n) is 3.30. The first-order valence-electron chi connectivity index (χ1n) is 8.83. The smallest absolute Gasteiger partial charge is 0.237 e. The number of nitrogens with one attached hydrogen (secondary N) is 1. The summed E-state index contributed by atoms with van der Waals surface area (Å²) in [6, 6.07) is 7.38. The molecule has 1 aliphatic rings. The summed E-state index contributed by atoms with van der Waals surface area (Å²) in [4.78, 5) is 22.7. The molecule has 0 bridgehead atoms. The van der Waals surface area contributed by atoms with E-state index in [-0.39, 0.29) is 24.3 Å². The van der Waals surface area contributed by atoms with E-state index in [1.165, 1.54) is 0 Å². The molecular formula is C18H22ClN5O3S. The molecule has 1 aromatic carbocycles. The Morgan fingerprint density at radius 3 is 2.75 bits per heavy atom. The standard InChI is InChI=1S/C18H22ClN5O3S/c1-28(26,27)22-10-16(25)24-8-2-3-13(11-24)17-15(9-21-18(20)23-17)12-4-6-14(19)7-5-12/h4-7,9,13,22H,2-3,8,10-11H2,1H3,(H2,20,21,23)/t13-/m0/s1. The van der Waals surface area contributed by atoms with Crippen molar-refractivity contribution in [3.05, 3.63) is 41.2 Å². The third-order valence-corrected chi connectivity index (χ3v) is 5.56. The van der Waals surface area contributed by atoms with E-state index < -0.39 is 10.0 Å². The molecule has 0 saturated carbocycles. The van der Waals surface area contributed by atoms with Gasteiger partial charge in [0.2, 0.25) is 21.9 Å². The summed E-state index contributed by atoms with van der Waals surface area (Å²) < 4.78 is 24.7. The van der Waals surface area contributed by atoms with E-state index in [1.54, 1.807) is 23.2 Å². The number of rotatable bonds is 5.